The fraction of sp³-hybridized carbons (Fsp3) is 0.500. The van der Waals surface area contributed by atoms with Gasteiger partial charge in [0.1, 0.15) is 0 Å². The number of halogens is 1. The van der Waals surface area contributed by atoms with Crippen LogP contribution in [0.15, 0.2) is 12.3 Å². The van der Waals surface area contributed by atoms with Crippen molar-refractivity contribution in [2.24, 2.45) is 0 Å². The largest absolute Gasteiger partial charge is 0.383 e. The predicted octanol–water partition coefficient (Wildman–Crippen LogP) is 1.13. The Hall–Kier alpha value is -0.100. The van der Waals surface area contributed by atoms with Gasteiger partial charge in [0, 0.05) is 7.11 Å². The maximum absolute atomic E-state index is 4.91. The maximum Gasteiger partial charge on any atom is 0.0990 e. The number of rotatable bonds is 3. The van der Waals surface area contributed by atoms with E-state index < -0.39 is 0 Å². The van der Waals surface area contributed by atoms with E-state index >= 15 is 0 Å². The second kappa shape index (κ2) is 3.92. The molecule has 10 heavy (non-hydrogen) atoms. The first-order valence-corrected chi connectivity index (χ1v) is 4.08. The summed E-state index contributed by atoms with van der Waals surface area (Å²) < 4.78 is 7.96. The van der Waals surface area contributed by atoms with Gasteiger partial charge in [-0.2, -0.15) is 5.10 Å². The first kappa shape index (κ1) is 8.00. The molecule has 0 aliphatic carbocycles. The third-order valence-corrected chi connectivity index (χ3v) is 2.09. The molecule has 0 bridgehead atoms. The molecule has 0 aromatic carbocycles. The molecule has 4 heteroatoms. The highest BCUT2D eigenvalue weighted by atomic mass is 127. The van der Waals surface area contributed by atoms with E-state index in [1.165, 1.54) is 0 Å². The predicted molar refractivity (Wildman–Crippen MR) is 46.8 cm³/mol. The van der Waals surface area contributed by atoms with Crippen molar-refractivity contribution in [3.05, 3.63) is 16.0 Å². The fourth-order valence-electron chi connectivity index (χ4n) is 0.659. The molecule has 0 saturated heterocycles. The van der Waals surface area contributed by atoms with E-state index in [0.717, 1.165) is 16.9 Å². The lowest BCUT2D eigenvalue weighted by Gasteiger charge is -2.00. The molecule has 0 unspecified atom stereocenters. The summed E-state index contributed by atoms with van der Waals surface area (Å²) in [6.45, 7) is 1.56. The summed E-state index contributed by atoms with van der Waals surface area (Å²) in [6, 6.07) is 1.97. The number of hydrogen-bond acceptors (Lipinski definition) is 2. The van der Waals surface area contributed by atoms with Crippen molar-refractivity contribution in [1.82, 2.24) is 9.78 Å². The van der Waals surface area contributed by atoms with Crippen molar-refractivity contribution in [2.75, 3.05) is 13.7 Å². The molecule has 0 N–H and O–H groups in total. The second-order valence-corrected chi connectivity index (χ2v) is 2.98. The third-order valence-electron chi connectivity index (χ3n) is 1.17. The minimum atomic E-state index is 0.720. The van der Waals surface area contributed by atoms with E-state index in [2.05, 4.69) is 27.7 Å². The van der Waals surface area contributed by atoms with Crippen LogP contribution in [0.1, 0.15) is 0 Å². The molecular formula is C6H9IN2O. The van der Waals surface area contributed by atoms with Gasteiger partial charge in [-0.15, -0.1) is 0 Å². The molecule has 0 atom stereocenters. The topological polar surface area (TPSA) is 27.1 Å². The minimum Gasteiger partial charge on any atom is -0.383 e. The van der Waals surface area contributed by atoms with Crippen LogP contribution in [0.4, 0.5) is 0 Å². The Labute approximate surface area is 73.5 Å². The first-order valence-electron chi connectivity index (χ1n) is 3.01. The van der Waals surface area contributed by atoms with Gasteiger partial charge in [0.25, 0.3) is 0 Å². The van der Waals surface area contributed by atoms with Crippen molar-refractivity contribution in [3.8, 4) is 0 Å². The molecule has 56 valence electrons. The van der Waals surface area contributed by atoms with Gasteiger partial charge < -0.3 is 4.74 Å². The number of methoxy groups -OCH3 is 1. The van der Waals surface area contributed by atoms with Crippen LogP contribution in [0.3, 0.4) is 0 Å². The second-order valence-electron chi connectivity index (χ2n) is 1.87. The summed E-state index contributed by atoms with van der Waals surface area (Å²) in [5.74, 6) is 0. The molecule has 0 fully saturated rings. The fourth-order valence-corrected chi connectivity index (χ4v) is 1.19. The molecule has 1 rings (SSSR count). The summed E-state index contributed by atoms with van der Waals surface area (Å²) in [5.41, 5.74) is 0. The van der Waals surface area contributed by atoms with E-state index in [1.54, 1.807) is 13.3 Å². The molecule has 0 radical (unpaired) electrons. The molecule has 0 aliphatic rings. The van der Waals surface area contributed by atoms with Gasteiger partial charge >= 0.3 is 0 Å². The van der Waals surface area contributed by atoms with Gasteiger partial charge in [-0.1, -0.05) is 0 Å². The average molecular weight is 252 g/mol. The third kappa shape index (κ3) is 1.95. The molecular weight excluding hydrogens is 243 g/mol. The standard InChI is InChI=1S/C6H9IN2O/c1-10-5-4-9-6(7)2-3-8-9/h2-3H,4-5H2,1H3. The van der Waals surface area contributed by atoms with Crippen molar-refractivity contribution in [3.63, 3.8) is 0 Å². The summed E-state index contributed by atoms with van der Waals surface area (Å²) in [7, 11) is 1.69. The van der Waals surface area contributed by atoms with Gasteiger partial charge in [0.05, 0.1) is 23.0 Å². The number of aromatic nitrogens is 2. The van der Waals surface area contributed by atoms with E-state index in [-0.39, 0.29) is 0 Å². The van der Waals surface area contributed by atoms with Gasteiger partial charge in [-0.25, -0.2) is 0 Å². The Morgan fingerprint density at radius 3 is 3.10 bits per heavy atom. The number of ether oxygens (including phenoxy) is 1. The normalized spacial score (nSPS) is 10.2. The lowest BCUT2D eigenvalue weighted by atomic mass is 10.7. The lowest BCUT2D eigenvalue weighted by molar-refractivity contribution is 0.182. The van der Waals surface area contributed by atoms with E-state index in [4.69, 9.17) is 4.74 Å². The zero-order chi connectivity index (χ0) is 7.40. The quantitative estimate of drug-likeness (QED) is 0.754. The highest BCUT2D eigenvalue weighted by Gasteiger charge is 1.95. The molecule has 0 spiro atoms. The summed E-state index contributed by atoms with van der Waals surface area (Å²) >= 11 is 2.24. The van der Waals surface area contributed by atoms with Crippen LogP contribution in [0, 0.1) is 3.70 Å². The summed E-state index contributed by atoms with van der Waals surface area (Å²) in [5, 5.41) is 4.08. The number of nitrogens with zero attached hydrogens (tertiary/aromatic N) is 2. The smallest absolute Gasteiger partial charge is 0.0990 e. The Bertz CT molecular complexity index is 199. The monoisotopic (exact) mass is 252 g/mol. The highest BCUT2D eigenvalue weighted by molar-refractivity contribution is 14.1. The molecule has 1 aromatic rings. The Morgan fingerprint density at radius 1 is 1.80 bits per heavy atom. The summed E-state index contributed by atoms with van der Waals surface area (Å²) in [4.78, 5) is 0. The molecule has 0 saturated carbocycles. The Kier molecular flexibility index (Phi) is 3.14. The van der Waals surface area contributed by atoms with Crippen LogP contribution < -0.4 is 0 Å². The number of hydrogen-bond donors (Lipinski definition) is 0. The Balaban J connectivity index is 2.49. The summed E-state index contributed by atoms with van der Waals surface area (Å²) in [6.07, 6.45) is 1.79. The lowest BCUT2D eigenvalue weighted by Crippen LogP contribution is -2.06. The molecule has 0 amide bonds. The SMILES string of the molecule is COCCn1nccc1I. The minimum absolute atomic E-state index is 0.720. The van der Waals surface area contributed by atoms with Gasteiger partial charge in [0.2, 0.25) is 0 Å². The van der Waals surface area contributed by atoms with Crippen molar-refractivity contribution >= 4 is 22.6 Å². The van der Waals surface area contributed by atoms with Crippen molar-refractivity contribution < 1.29 is 4.74 Å². The van der Waals surface area contributed by atoms with Crippen molar-refractivity contribution in [2.45, 2.75) is 6.54 Å². The average Bonchev–Trinajstić information content (AvgIpc) is 2.31. The van der Waals surface area contributed by atoms with E-state index in [1.807, 2.05) is 10.7 Å². The zero-order valence-electron chi connectivity index (χ0n) is 5.75. The van der Waals surface area contributed by atoms with Crippen molar-refractivity contribution in [1.29, 1.82) is 0 Å². The molecule has 1 aromatic heterocycles. The van der Waals surface area contributed by atoms with Gasteiger partial charge in [-0.05, 0) is 28.7 Å². The van der Waals surface area contributed by atoms with E-state index in [0.29, 0.717) is 0 Å². The molecule has 0 aliphatic heterocycles. The van der Waals surface area contributed by atoms with E-state index in [9.17, 15) is 0 Å². The van der Waals surface area contributed by atoms with Crippen LogP contribution in [0.5, 0.6) is 0 Å². The van der Waals surface area contributed by atoms with Gasteiger partial charge in [0.15, 0.2) is 0 Å². The van der Waals surface area contributed by atoms with Crippen LogP contribution in [-0.2, 0) is 11.3 Å². The molecule has 1 heterocycles. The Morgan fingerprint density at radius 2 is 2.60 bits per heavy atom. The maximum atomic E-state index is 4.91. The van der Waals surface area contributed by atoms with Crippen LogP contribution >= 0.6 is 22.6 Å². The molecule has 3 nitrogen and oxygen atoms in total. The zero-order valence-corrected chi connectivity index (χ0v) is 7.91. The van der Waals surface area contributed by atoms with Crippen LogP contribution in [0.2, 0.25) is 0 Å². The van der Waals surface area contributed by atoms with Crippen LogP contribution in [0.25, 0.3) is 0 Å². The first-order chi connectivity index (χ1) is 4.84. The van der Waals surface area contributed by atoms with Crippen LogP contribution in [-0.4, -0.2) is 23.5 Å². The van der Waals surface area contributed by atoms with Gasteiger partial charge in [-0.3, -0.25) is 4.68 Å². The highest BCUT2D eigenvalue weighted by Crippen LogP contribution is 2.01.